The molecule has 0 saturated carbocycles. The quantitative estimate of drug-likeness (QED) is 0.128. The number of aromatic nitrogens is 10. The van der Waals surface area contributed by atoms with Crippen LogP contribution in [0.15, 0.2) is 84.9 Å². The van der Waals surface area contributed by atoms with E-state index in [-0.39, 0.29) is 33.0 Å². The molecule has 0 fully saturated rings. The summed E-state index contributed by atoms with van der Waals surface area (Å²) in [6, 6.07) is 27.9. The number of halogens is 4. The molecule has 2 aliphatic rings. The molecule has 2 aliphatic heterocycles. The highest BCUT2D eigenvalue weighted by Gasteiger charge is 2.15. The van der Waals surface area contributed by atoms with Gasteiger partial charge in [-0.2, -0.15) is 29.9 Å². The Morgan fingerprint density at radius 3 is 1.24 bits per heavy atom. The topological polar surface area (TPSA) is 159 Å². The molecule has 7 heterocycles. The van der Waals surface area contributed by atoms with E-state index in [9.17, 15) is 0 Å². The summed E-state index contributed by atoms with van der Waals surface area (Å²) in [4.78, 5) is 41.2. The van der Waals surface area contributed by atoms with E-state index in [1.807, 2.05) is 97.1 Å². The summed E-state index contributed by atoms with van der Waals surface area (Å²) in [5.41, 5.74) is 12.0. The van der Waals surface area contributed by atoms with Gasteiger partial charge in [0, 0.05) is 44.6 Å². The molecule has 8 bridgehead atoms. The molecule has 0 aliphatic carbocycles. The third-order valence-electron chi connectivity index (χ3n) is 8.42. The predicted molar refractivity (Wildman–Crippen MR) is 216 cm³/mol. The number of aromatic amines is 2. The molecule has 0 radical (unpaired) electrons. The van der Waals surface area contributed by atoms with E-state index in [0.29, 0.717) is 0 Å². The van der Waals surface area contributed by atoms with Crippen molar-refractivity contribution in [1.82, 2.24) is 49.8 Å². The Morgan fingerprint density at radius 2 is 0.815 bits per heavy atom. The number of nitrogens with one attached hydrogen (secondary N) is 4. The lowest BCUT2D eigenvalue weighted by atomic mass is 10.0. The van der Waals surface area contributed by atoms with Crippen LogP contribution in [0.4, 0.5) is 23.3 Å². The van der Waals surface area contributed by atoms with Crippen LogP contribution in [-0.4, -0.2) is 49.8 Å². The Labute approximate surface area is 326 Å². The van der Waals surface area contributed by atoms with E-state index >= 15 is 0 Å². The van der Waals surface area contributed by atoms with E-state index in [2.05, 4.69) is 62.6 Å². The highest BCUT2D eigenvalue weighted by Crippen LogP contribution is 2.34. The normalized spacial score (nSPS) is 11.9. The van der Waals surface area contributed by atoms with Crippen molar-refractivity contribution in [1.29, 1.82) is 0 Å². The van der Waals surface area contributed by atoms with Crippen LogP contribution in [0.25, 0.3) is 68.6 Å². The number of fused-ring (bicyclic) bond motifs is 8. The lowest BCUT2D eigenvalue weighted by Gasteiger charge is -2.08. The SMILES string of the molecule is Clc1nc(Cl)nc(Nc2ccc(-c3c4nc(cc5ccc([nH]5)c(-c5ccc(Nc6nc(Cl)nc(Cl)n6)cc5)c5ccc(cc6nc3C=C6)[nH]5)C=C4)cc2)n1. The summed E-state index contributed by atoms with van der Waals surface area (Å²) in [5.74, 6) is 0.489. The molecule has 54 heavy (non-hydrogen) atoms. The molecule has 0 amide bonds. The molecule has 0 unspecified atom stereocenters. The third kappa shape index (κ3) is 7.10. The first kappa shape index (κ1) is 33.6. The Kier molecular flexibility index (Phi) is 8.72. The van der Waals surface area contributed by atoms with Crippen molar-refractivity contribution in [3.05, 3.63) is 129 Å². The number of hydrogen-bond acceptors (Lipinski definition) is 10. The molecule has 0 atom stereocenters. The standard InChI is InChI=1S/C38H22Cl4N12/c39-33-49-34(40)52-37(51-33)47-21-5-1-19(2-6-21)31-27-13-9-23(43-27)17-25-11-15-29(45-25)32(30-16-12-26(46-30)18-24-10-14-28(31)44-24)20-3-7-22(8-4-20)48-38-53-35(41)50-36(42)54-38/h1-18,43-44H,(H,47,49,51,52)(H,48,50,53,54). The second kappa shape index (κ2) is 14.0. The molecular formula is C38H22Cl4N12. The molecule has 12 nitrogen and oxygen atoms in total. The largest absolute Gasteiger partial charge is 0.355 e. The molecular weight excluding hydrogens is 766 g/mol. The van der Waals surface area contributed by atoms with Gasteiger partial charge in [0.15, 0.2) is 0 Å². The highest BCUT2D eigenvalue weighted by molar-refractivity contribution is 6.31. The first-order chi connectivity index (χ1) is 26.3. The van der Waals surface area contributed by atoms with Crippen LogP contribution in [0, 0.1) is 0 Å². The summed E-state index contributed by atoms with van der Waals surface area (Å²) in [6.07, 6.45) is 8.00. The van der Waals surface area contributed by atoms with Gasteiger partial charge in [-0.05, 0) is 142 Å². The van der Waals surface area contributed by atoms with Gasteiger partial charge in [0.25, 0.3) is 0 Å². The van der Waals surface area contributed by atoms with Crippen LogP contribution < -0.4 is 10.6 Å². The van der Waals surface area contributed by atoms with Gasteiger partial charge in [0.1, 0.15) is 0 Å². The molecule has 2 aromatic carbocycles. The fourth-order valence-electron chi connectivity index (χ4n) is 6.14. The van der Waals surface area contributed by atoms with Crippen molar-refractivity contribution in [2.24, 2.45) is 0 Å². The summed E-state index contributed by atoms with van der Waals surface area (Å²) >= 11 is 23.8. The van der Waals surface area contributed by atoms with Crippen LogP contribution in [0.2, 0.25) is 21.1 Å². The van der Waals surface area contributed by atoms with Gasteiger partial charge in [0.05, 0.1) is 22.8 Å². The van der Waals surface area contributed by atoms with Gasteiger partial charge in [-0.25, -0.2) is 9.97 Å². The zero-order valence-electron chi connectivity index (χ0n) is 27.5. The fraction of sp³-hybridized carbons (Fsp3) is 0. The van der Waals surface area contributed by atoms with Crippen LogP contribution >= 0.6 is 46.4 Å². The zero-order chi connectivity index (χ0) is 36.8. The Hall–Kier alpha value is -6.18. The molecule has 4 N–H and O–H groups in total. The van der Waals surface area contributed by atoms with Gasteiger partial charge in [-0.3, -0.25) is 0 Å². The van der Waals surface area contributed by atoms with Crippen LogP contribution in [-0.2, 0) is 0 Å². The maximum atomic E-state index is 5.96. The molecule has 262 valence electrons. The predicted octanol–water partition coefficient (Wildman–Crippen LogP) is 10.5. The van der Waals surface area contributed by atoms with Gasteiger partial charge in [-0.15, -0.1) is 0 Å². The van der Waals surface area contributed by atoms with Gasteiger partial charge in [-0.1, -0.05) is 24.3 Å². The van der Waals surface area contributed by atoms with Gasteiger partial charge < -0.3 is 20.6 Å². The summed E-state index contributed by atoms with van der Waals surface area (Å²) in [5, 5.41) is 6.25. The first-order valence-electron chi connectivity index (χ1n) is 16.3. The maximum Gasteiger partial charge on any atom is 0.232 e. The van der Waals surface area contributed by atoms with Crippen molar-refractivity contribution in [2.75, 3.05) is 10.6 Å². The summed E-state index contributed by atoms with van der Waals surface area (Å²) in [7, 11) is 0. The number of nitrogens with zero attached hydrogens (tertiary/aromatic N) is 8. The maximum absolute atomic E-state index is 5.96. The van der Waals surface area contributed by atoms with Gasteiger partial charge >= 0.3 is 0 Å². The highest BCUT2D eigenvalue weighted by atomic mass is 35.5. The minimum Gasteiger partial charge on any atom is -0.355 e. The number of H-pyrrole nitrogens is 2. The monoisotopic (exact) mass is 786 g/mol. The van der Waals surface area contributed by atoms with E-state index in [1.54, 1.807) is 0 Å². The number of hydrogen-bond donors (Lipinski definition) is 4. The van der Waals surface area contributed by atoms with E-state index in [0.717, 1.165) is 78.5 Å². The molecule has 16 heteroatoms. The third-order valence-corrected chi connectivity index (χ3v) is 9.10. The minimum atomic E-state index is 0.000404. The van der Waals surface area contributed by atoms with Gasteiger partial charge in [0.2, 0.25) is 33.0 Å². The Morgan fingerprint density at radius 1 is 0.407 bits per heavy atom. The van der Waals surface area contributed by atoms with Crippen molar-refractivity contribution in [2.45, 2.75) is 0 Å². The lowest BCUT2D eigenvalue weighted by Crippen LogP contribution is -1.99. The average molecular weight is 788 g/mol. The molecule has 0 saturated heterocycles. The van der Waals surface area contributed by atoms with Crippen LogP contribution in [0.5, 0.6) is 0 Å². The van der Waals surface area contributed by atoms with Crippen molar-refractivity contribution >= 4 is 116 Å². The lowest BCUT2D eigenvalue weighted by molar-refractivity contribution is 1.05. The second-order valence-electron chi connectivity index (χ2n) is 12.0. The van der Waals surface area contributed by atoms with Crippen LogP contribution in [0.1, 0.15) is 22.8 Å². The van der Waals surface area contributed by atoms with Crippen LogP contribution in [0.3, 0.4) is 0 Å². The smallest absolute Gasteiger partial charge is 0.232 e. The van der Waals surface area contributed by atoms with E-state index < -0.39 is 0 Å². The van der Waals surface area contributed by atoms with E-state index in [1.165, 1.54) is 0 Å². The van der Waals surface area contributed by atoms with Crippen molar-refractivity contribution in [3.63, 3.8) is 0 Å². The zero-order valence-corrected chi connectivity index (χ0v) is 30.5. The number of anilines is 4. The van der Waals surface area contributed by atoms with Crippen molar-refractivity contribution in [3.8, 4) is 22.3 Å². The summed E-state index contributed by atoms with van der Waals surface area (Å²) < 4.78 is 0. The molecule has 0 spiro atoms. The average Bonchev–Trinajstić information content (AvgIpc) is 3.96. The Bertz CT molecular complexity index is 2700. The number of benzene rings is 2. The Balaban J connectivity index is 1.13. The van der Waals surface area contributed by atoms with Crippen molar-refractivity contribution < 1.29 is 0 Å². The molecule has 9 rings (SSSR count). The first-order valence-corrected chi connectivity index (χ1v) is 17.8. The molecule has 7 aromatic rings. The fourth-order valence-corrected chi connectivity index (χ4v) is 6.87. The van der Waals surface area contributed by atoms with E-state index in [4.69, 9.17) is 56.4 Å². The number of rotatable bonds is 6. The molecule has 5 aromatic heterocycles. The summed E-state index contributed by atoms with van der Waals surface area (Å²) in [6.45, 7) is 0. The second-order valence-corrected chi connectivity index (χ2v) is 13.4. The minimum absolute atomic E-state index is 0.000404.